The Balaban J connectivity index is 2.00. The Morgan fingerprint density at radius 1 is 1.60 bits per heavy atom. The molecule has 7 nitrogen and oxygen atoms in total. The number of aryl methyl sites for hydroxylation is 1. The summed E-state index contributed by atoms with van der Waals surface area (Å²) in [5.41, 5.74) is 0.312. The van der Waals surface area contributed by atoms with Gasteiger partial charge in [0.15, 0.2) is 11.0 Å². The molecule has 1 aliphatic rings. The number of aromatic nitrogens is 3. The van der Waals surface area contributed by atoms with Crippen LogP contribution in [0.3, 0.4) is 0 Å². The van der Waals surface area contributed by atoms with Crippen molar-refractivity contribution < 1.29 is 9.63 Å². The Bertz CT molecular complexity index is 679. The number of aliphatic hydroxyl groups is 1. The van der Waals surface area contributed by atoms with Crippen molar-refractivity contribution in [1.29, 1.82) is 5.26 Å². The molecule has 1 aliphatic heterocycles. The summed E-state index contributed by atoms with van der Waals surface area (Å²) >= 11 is 7.02. The van der Waals surface area contributed by atoms with Crippen LogP contribution in [0.2, 0.25) is 5.15 Å². The van der Waals surface area contributed by atoms with E-state index in [1.54, 1.807) is 6.92 Å². The first-order valence-electron chi connectivity index (χ1n) is 5.90. The van der Waals surface area contributed by atoms with E-state index < -0.39 is 6.10 Å². The molecule has 0 radical (unpaired) electrons. The van der Waals surface area contributed by atoms with Gasteiger partial charge in [-0.05, 0) is 18.5 Å². The zero-order valence-corrected chi connectivity index (χ0v) is 12.0. The second-order valence-corrected chi connectivity index (χ2v) is 5.61. The number of aliphatic hydroxyl groups excluding tert-OH is 1. The van der Waals surface area contributed by atoms with E-state index in [-0.39, 0.29) is 11.2 Å². The maximum Gasteiger partial charge on any atom is 0.249 e. The Morgan fingerprint density at radius 2 is 2.40 bits per heavy atom. The second-order valence-electron chi connectivity index (χ2n) is 4.50. The van der Waals surface area contributed by atoms with Gasteiger partial charge in [-0.25, -0.2) is 0 Å². The number of hydrogen-bond acceptors (Lipinski definition) is 8. The fourth-order valence-corrected chi connectivity index (χ4v) is 3.36. The van der Waals surface area contributed by atoms with Gasteiger partial charge in [-0.1, -0.05) is 16.8 Å². The SMILES string of the molecule is Cc1noc([C@H]2C[C@H](O)CN2c2snc(Cl)c2C#N)n1. The van der Waals surface area contributed by atoms with E-state index in [1.807, 2.05) is 11.0 Å². The van der Waals surface area contributed by atoms with Gasteiger partial charge in [-0.15, -0.1) is 0 Å². The summed E-state index contributed by atoms with van der Waals surface area (Å²) in [5, 5.41) is 23.6. The Morgan fingerprint density at radius 3 is 3.05 bits per heavy atom. The number of β-amino-alcohol motifs (C(OH)–C–C–N with tert-alkyl or cyclic N) is 1. The van der Waals surface area contributed by atoms with Gasteiger partial charge in [0.1, 0.15) is 22.7 Å². The molecule has 20 heavy (non-hydrogen) atoms. The summed E-state index contributed by atoms with van der Waals surface area (Å²) in [6.45, 7) is 2.10. The molecule has 0 amide bonds. The van der Waals surface area contributed by atoms with E-state index in [2.05, 4.69) is 14.5 Å². The van der Waals surface area contributed by atoms with Gasteiger partial charge in [0, 0.05) is 13.0 Å². The third kappa shape index (κ3) is 2.14. The molecule has 2 atom stereocenters. The Hall–Kier alpha value is -1.69. The first-order chi connectivity index (χ1) is 9.60. The minimum absolute atomic E-state index is 0.175. The fraction of sp³-hybridized carbons (Fsp3) is 0.455. The number of hydrogen-bond donors (Lipinski definition) is 1. The molecule has 0 spiro atoms. The van der Waals surface area contributed by atoms with E-state index in [0.717, 1.165) is 11.5 Å². The van der Waals surface area contributed by atoms with Crippen molar-refractivity contribution in [3.8, 4) is 6.07 Å². The highest BCUT2D eigenvalue weighted by atomic mass is 35.5. The summed E-state index contributed by atoms with van der Waals surface area (Å²) in [7, 11) is 0. The number of halogens is 1. The molecule has 2 aromatic heterocycles. The van der Waals surface area contributed by atoms with Gasteiger partial charge in [-0.2, -0.15) is 14.6 Å². The quantitative estimate of drug-likeness (QED) is 0.900. The molecule has 2 aromatic rings. The number of rotatable bonds is 2. The Labute approximate surface area is 123 Å². The van der Waals surface area contributed by atoms with Gasteiger partial charge in [-0.3, -0.25) is 0 Å². The highest BCUT2D eigenvalue weighted by molar-refractivity contribution is 7.10. The third-order valence-corrected chi connectivity index (χ3v) is 4.37. The average Bonchev–Trinajstić information content (AvgIpc) is 3.08. The van der Waals surface area contributed by atoms with Crippen molar-refractivity contribution in [3.63, 3.8) is 0 Å². The van der Waals surface area contributed by atoms with Crippen LogP contribution in [-0.2, 0) is 0 Å². The minimum atomic E-state index is -0.528. The molecule has 1 N–H and O–H groups in total. The van der Waals surface area contributed by atoms with Crippen LogP contribution >= 0.6 is 23.1 Å². The van der Waals surface area contributed by atoms with Crippen molar-refractivity contribution in [2.45, 2.75) is 25.5 Å². The topological polar surface area (TPSA) is 99.1 Å². The van der Waals surface area contributed by atoms with Crippen molar-refractivity contribution in [1.82, 2.24) is 14.5 Å². The molecule has 0 aromatic carbocycles. The minimum Gasteiger partial charge on any atom is -0.391 e. The van der Waals surface area contributed by atoms with Crippen LogP contribution in [0.4, 0.5) is 5.00 Å². The highest BCUT2D eigenvalue weighted by Crippen LogP contribution is 2.41. The molecular weight excluding hydrogens is 302 g/mol. The standard InChI is InChI=1S/C11H10ClN5O2S/c1-5-14-10(19-15-5)8-2-6(18)4-17(8)11-7(3-13)9(12)16-20-11/h6,8,18H,2,4H2,1H3/t6-,8+/m0/s1. The predicted octanol–water partition coefficient (Wildman–Crippen LogP) is 1.67. The maximum absolute atomic E-state index is 9.91. The zero-order valence-electron chi connectivity index (χ0n) is 10.4. The number of anilines is 1. The number of nitriles is 1. The van der Waals surface area contributed by atoms with Crippen LogP contribution in [0.1, 0.15) is 29.7 Å². The molecular formula is C11H10ClN5O2S. The zero-order chi connectivity index (χ0) is 14.3. The lowest BCUT2D eigenvalue weighted by Crippen LogP contribution is -2.24. The molecule has 1 saturated heterocycles. The second kappa shape index (κ2) is 5.01. The van der Waals surface area contributed by atoms with Crippen molar-refractivity contribution in [2.24, 2.45) is 0 Å². The van der Waals surface area contributed by atoms with Crippen LogP contribution in [0, 0.1) is 18.3 Å². The third-order valence-electron chi connectivity index (χ3n) is 3.11. The molecule has 0 aliphatic carbocycles. The van der Waals surface area contributed by atoms with Gasteiger partial charge < -0.3 is 14.5 Å². The van der Waals surface area contributed by atoms with Gasteiger partial charge in [0.2, 0.25) is 5.89 Å². The predicted molar refractivity (Wildman–Crippen MR) is 71.6 cm³/mol. The van der Waals surface area contributed by atoms with Crippen molar-refractivity contribution in [3.05, 3.63) is 22.4 Å². The number of nitrogens with zero attached hydrogens (tertiary/aromatic N) is 5. The van der Waals surface area contributed by atoms with E-state index in [9.17, 15) is 5.11 Å². The monoisotopic (exact) mass is 311 g/mol. The first kappa shape index (κ1) is 13.3. The van der Waals surface area contributed by atoms with Crippen molar-refractivity contribution in [2.75, 3.05) is 11.4 Å². The first-order valence-corrected chi connectivity index (χ1v) is 7.05. The smallest absolute Gasteiger partial charge is 0.249 e. The summed E-state index contributed by atoms with van der Waals surface area (Å²) in [6, 6.07) is 1.77. The van der Waals surface area contributed by atoms with E-state index in [1.165, 1.54) is 0 Å². The van der Waals surface area contributed by atoms with Crippen LogP contribution in [-0.4, -0.2) is 32.3 Å². The van der Waals surface area contributed by atoms with Crippen LogP contribution in [0.15, 0.2) is 4.52 Å². The lowest BCUT2D eigenvalue weighted by atomic mass is 10.2. The molecule has 0 unspecified atom stereocenters. The Kier molecular flexibility index (Phi) is 3.33. The largest absolute Gasteiger partial charge is 0.391 e. The van der Waals surface area contributed by atoms with Crippen molar-refractivity contribution >= 4 is 28.1 Å². The normalized spacial score (nSPS) is 22.2. The molecule has 0 saturated carbocycles. The summed E-state index contributed by atoms with van der Waals surface area (Å²) in [5.74, 6) is 0.955. The molecule has 3 heterocycles. The molecule has 104 valence electrons. The fourth-order valence-electron chi connectivity index (χ4n) is 2.27. The average molecular weight is 312 g/mol. The maximum atomic E-state index is 9.91. The molecule has 0 bridgehead atoms. The molecule has 9 heteroatoms. The summed E-state index contributed by atoms with van der Waals surface area (Å²) in [6.07, 6.45) is -0.0678. The van der Waals surface area contributed by atoms with E-state index >= 15 is 0 Å². The molecule has 1 fully saturated rings. The van der Waals surface area contributed by atoms with E-state index in [0.29, 0.717) is 35.2 Å². The summed E-state index contributed by atoms with van der Waals surface area (Å²) < 4.78 is 9.17. The van der Waals surface area contributed by atoms with Crippen LogP contribution < -0.4 is 4.90 Å². The lowest BCUT2D eigenvalue weighted by Gasteiger charge is -2.21. The van der Waals surface area contributed by atoms with Gasteiger partial charge in [0.05, 0.1) is 6.10 Å². The van der Waals surface area contributed by atoms with E-state index in [4.69, 9.17) is 21.4 Å². The summed E-state index contributed by atoms with van der Waals surface area (Å²) in [4.78, 5) is 6.05. The van der Waals surface area contributed by atoms with Crippen LogP contribution in [0.25, 0.3) is 0 Å². The highest BCUT2D eigenvalue weighted by Gasteiger charge is 2.38. The molecule has 3 rings (SSSR count). The lowest BCUT2D eigenvalue weighted by molar-refractivity contribution is 0.191. The van der Waals surface area contributed by atoms with Gasteiger partial charge in [0.25, 0.3) is 0 Å². The van der Waals surface area contributed by atoms with Crippen LogP contribution in [0.5, 0.6) is 0 Å². The van der Waals surface area contributed by atoms with Gasteiger partial charge >= 0.3 is 0 Å².